The molecule has 1 unspecified atom stereocenters. The molecule has 0 aliphatic heterocycles. The Morgan fingerprint density at radius 1 is 1.36 bits per heavy atom. The van der Waals surface area contributed by atoms with Crippen molar-refractivity contribution in [3.63, 3.8) is 0 Å². The maximum Gasteiger partial charge on any atom is 0.293 e. The van der Waals surface area contributed by atoms with Crippen LogP contribution in [-0.2, 0) is 0 Å². The van der Waals surface area contributed by atoms with Crippen LogP contribution in [0.4, 0.5) is 0 Å². The molecule has 22 heavy (non-hydrogen) atoms. The van der Waals surface area contributed by atoms with Crippen molar-refractivity contribution in [1.82, 2.24) is 19.6 Å². The van der Waals surface area contributed by atoms with Crippen molar-refractivity contribution < 1.29 is 0 Å². The Hall–Kier alpha value is -2.14. The number of fused-ring (bicyclic) bond motifs is 1. The second-order valence-electron chi connectivity index (χ2n) is 5.39. The van der Waals surface area contributed by atoms with Crippen LogP contribution in [0.3, 0.4) is 0 Å². The van der Waals surface area contributed by atoms with Crippen LogP contribution in [0, 0.1) is 6.92 Å². The number of hydrogen-bond donors (Lipinski definition) is 0. The van der Waals surface area contributed by atoms with Gasteiger partial charge in [0.2, 0.25) is 0 Å². The quantitative estimate of drug-likeness (QED) is 0.743. The molecule has 1 atom stereocenters. The van der Waals surface area contributed by atoms with E-state index in [1.807, 2.05) is 32.9 Å². The van der Waals surface area contributed by atoms with E-state index in [1.165, 1.54) is 0 Å². The van der Waals surface area contributed by atoms with Gasteiger partial charge in [0.25, 0.3) is 5.56 Å². The lowest BCUT2D eigenvalue weighted by Crippen LogP contribution is -2.28. The maximum atomic E-state index is 12.8. The Morgan fingerprint density at radius 2 is 2.14 bits per heavy atom. The number of halogens is 1. The molecule has 0 bridgehead atoms. The van der Waals surface area contributed by atoms with Crippen molar-refractivity contribution >= 4 is 22.5 Å². The molecule has 0 aliphatic rings. The van der Waals surface area contributed by atoms with Gasteiger partial charge in [-0.3, -0.25) is 4.79 Å². The molecule has 2 heterocycles. The van der Waals surface area contributed by atoms with Crippen molar-refractivity contribution in [2.45, 2.75) is 33.2 Å². The molecule has 3 aromatic rings. The summed E-state index contributed by atoms with van der Waals surface area (Å²) in [6.07, 6.45) is 2.52. The lowest BCUT2D eigenvalue weighted by Gasteiger charge is -2.13. The van der Waals surface area contributed by atoms with E-state index >= 15 is 0 Å². The van der Waals surface area contributed by atoms with Crippen molar-refractivity contribution in [2.24, 2.45) is 0 Å². The number of hydrogen-bond acceptors (Lipinski definition) is 3. The van der Waals surface area contributed by atoms with Crippen molar-refractivity contribution in [1.29, 1.82) is 0 Å². The minimum atomic E-state index is -0.132. The number of nitrogens with zero attached hydrogens (tertiary/aromatic N) is 4. The summed E-state index contributed by atoms with van der Waals surface area (Å²) in [5.41, 5.74) is 1.96. The van der Waals surface area contributed by atoms with Gasteiger partial charge in [-0.25, -0.2) is 9.36 Å². The predicted molar refractivity (Wildman–Crippen MR) is 87.9 cm³/mol. The van der Waals surface area contributed by atoms with Gasteiger partial charge in [0, 0.05) is 10.4 Å². The van der Waals surface area contributed by atoms with Gasteiger partial charge < -0.3 is 0 Å². The Morgan fingerprint density at radius 3 is 2.82 bits per heavy atom. The summed E-state index contributed by atoms with van der Waals surface area (Å²) in [7, 11) is 0. The maximum absolute atomic E-state index is 12.8. The fourth-order valence-electron chi connectivity index (χ4n) is 2.46. The molecular weight excluding hydrogens is 300 g/mol. The molecule has 0 amide bonds. The molecule has 6 heteroatoms. The average Bonchev–Trinajstić information content (AvgIpc) is 2.96. The highest BCUT2D eigenvalue weighted by molar-refractivity contribution is 6.30. The summed E-state index contributed by atoms with van der Waals surface area (Å²) in [6.45, 7) is 5.91. The molecule has 0 N–H and O–H groups in total. The molecule has 0 spiro atoms. The van der Waals surface area contributed by atoms with Crippen LogP contribution < -0.4 is 5.56 Å². The minimum Gasteiger partial charge on any atom is -0.265 e. The first kappa shape index (κ1) is 14.8. The van der Waals surface area contributed by atoms with Gasteiger partial charge in [-0.1, -0.05) is 24.6 Å². The summed E-state index contributed by atoms with van der Waals surface area (Å²) in [6, 6.07) is 7.34. The molecular formula is C16H17ClN4O. The van der Waals surface area contributed by atoms with Gasteiger partial charge in [-0.2, -0.15) is 10.2 Å². The molecule has 5 nitrogen and oxygen atoms in total. The normalized spacial score (nSPS) is 12.7. The van der Waals surface area contributed by atoms with Gasteiger partial charge in [0.05, 0.1) is 23.6 Å². The second kappa shape index (κ2) is 5.57. The first-order chi connectivity index (χ1) is 10.5. The van der Waals surface area contributed by atoms with Crippen LogP contribution in [0.25, 0.3) is 16.6 Å². The average molecular weight is 317 g/mol. The van der Waals surface area contributed by atoms with E-state index in [4.69, 9.17) is 11.6 Å². The van der Waals surface area contributed by atoms with Crippen molar-refractivity contribution in [2.75, 3.05) is 0 Å². The molecule has 0 aliphatic carbocycles. The van der Waals surface area contributed by atoms with E-state index in [9.17, 15) is 4.79 Å². The third kappa shape index (κ3) is 2.31. The number of benzene rings is 1. The first-order valence-corrected chi connectivity index (χ1v) is 7.63. The third-order valence-electron chi connectivity index (χ3n) is 3.89. The van der Waals surface area contributed by atoms with Crippen molar-refractivity contribution in [3.05, 3.63) is 51.5 Å². The summed E-state index contributed by atoms with van der Waals surface area (Å²) < 4.78 is 3.18. The van der Waals surface area contributed by atoms with Crippen molar-refractivity contribution in [3.8, 4) is 5.69 Å². The van der Waals surface area contributed by atoms with Crippen LogP contribution >= 0.6 is 11.6 Å². The highest BCUT2D eigenvalue weighted by Gasteiger charge is 2.17. The van der Waals surface area contributed by atoms with E-state index in [0.717, 1.165) is 23.2 Å². The molecule has 3 rings (SSSR count). The number of aromatic nitrogens is 4. The van der Waals surface area contributed by atoms with E-state index in [1.54, 1.807) is 27.7 Å². The number of aryl methyl sites for hydroxylation is 1. The zero-order valence-corrected chi connectivity index (χ0v) is 13.5. The lowest BCUT2D eigenvalue weighted by molar-refractivity contribution is 0.453. The monoisotopic (exact) mass is 316 g/mol. The van der Waals surface area contributed by atoms with Gasteiger partial charge in [-0.05, 0) is 38.5 Å². The summed E-state index contributed by atoms with van der Waals surface area (Å²) >= 11 is 6.05. The van der Waals surface area contributed by atoms with Gasteiger partial charge in [0.15, 0.2) is 0 Å². The standard InChI is InChI=1S/C16H17ClN4O/c1-4-10(2)20-16(22)15-14(11(3)19-20)9-18-21(15)13-7-5-6-12(17)8-13/h5-10H,4H2,1-3H3. The molecule has 0 fully saturated rings. The zero-order chi connectivity index (χ0) is 15.9. The van der Waals surface area contributed by atoms with E-state index < -0.39 is 0 Å². The summed E-state index contributed by atoms with van der Waals surface area (Å²) in [4.78, 5) is 12.8. The van der Waals surface area contributed by atoms with Crippen LogP contribution in [0.1, 0.15) is 32.0 Å². The van der Waals surface area contributed by atoms with Crippen LogP contribution in [0.15, 0.2) is 35.3 Å². The topological polar surface area (TPSA) is 52.7 Å². The van der Waals surface area contributed by atoms with Crippen LogP contribution in [-0.4, -0.2) is 19.6 Å². The molecule has 2 aromatic heterocycles. The van der Waals surface area contributed by atoms with Crippen LogP contribution in [0.5, 0.6) is 0 Å². The Balaban J connectivity index is 2.34. The zero-order valence-electron chi connectivity index (χ0n) is 12.7. The third-order valence-corrected chi connectivity index (χ3v) is 4.12. The highest BCUT2D eigenvalue weighted by atomic mass is 35.5. The van der Waals surface area contributed by atoms with E-state index in [-0.39, 0.29) is 11.6 Å². The van der Waals surface area contributed by atoms with Gasteiger partial charge in [0.1, 0.15) is 5.52 Å². The largest absolute Gasteiger partial charge is 0.293 e. The molecule has 0 saturated carbocycles. The Bertz CT molecular complexity index is 897. The number of rotatable bonds is 3. The first-order valence-electron chi connectivity index (χ1n) is 7.26. The fourth-order valence-corrected chi connectivity index (χ4v) is 2.65. The van der Waals surface area contributed by atoms with Crippen LogP contribution in [0.2, 0.25) is 5.02 Å². The van der Waals surface area contributed by atoms with E-state index in [2.05, 4.69) is 10.2 Å². The summed E-state index contributed by atoms with van der Waals surface area (Å²) in [5.74, 6) is 0. The molecule has 1 aromatic carbocycles. The SMILES string of the molecule is CCC(C)n1nc(C)c2cnn(-c3cccc(Cl)c3)c2c1=O. The predicted octanol–water partition coefficient (Wildman–Crippen LogP) is 3.52. The lowest BCUT2D eigenvalue weighted by atomic mass is 10.2. The van der Waals surface area contributed by atoms with E-state index in [0.29, 0.717) is 10.5 Å². The minimum absolute atomic E-state index is 0.0401. The molecule has 114 valence electrons. The summed E-state index contributed by atoms with van der Waals surface area (Å²) in [5, 5.41) is 10.2. The highest BCUT2D eigenvalue weighted by Crippen LogP contribution is 2.20. The fraction of sp³-hybridized carbons (Fsp3) is 0.312. The second-order valence-corrected chi connectivity index (χ2v) is 5.83. The Labute approximate surface area is 133 Å². The molecule has 0 radical (unpaired) electrons. The smallest absolute Gasteiger partial charge is 0.265 e. The molecule has 0 saturated heterocycles. The van der Waals surface area contributed by atoms with Gasteiger partial charge in [-0.15, -0.1) is 0 Å². The van der Waals surface area contributed by atoms with Gasteiger partial charge >= 0.3 is 0 Å². The Kier molecular flexibility index (Phi) is 3.74.